The molecule has 0 aliphatic carbocycles. The largest absolute Gasteiger partial charge is 0.439 e. The molecule has 0 radical (unpaired) electrons. The number of benzene rings is 2. The minimum absolute atomic E-state index is 0.0776. The first kappa shape index (κ1) is 17.5. The molecule has 2 aromatic carbocycles. The van der Waals surface area contributed by atoms with Gasteiger partial charge in [-0.2, -0.15) is 5.26 Å². The molecule has 7 nitrogen and oxygen atoms in total. The van der Waals surface area contributed by atoms with Crippen LogP contribution >= 0.6 is 11.8 Å². The number of nitrogens with zero attached hydrogens (tertiary/aromatic N) is 3. The van der Waals surface area contributed by atoms with Crippen LogP contribution in [0.2, 0.25) is 0 Å². The van der Waals surface area contributed by atoms with Gasteiger partial charge in [-0.1, -0.05) is 35.4 Å². The number of nitrogens with one attached hydrogen (secondary N) is 1. The number of hydrogen-bond acceptors (Lipinski definition) is 7. The Morgan fingerprint density at radius 2 is 1.92 bits per heavy atom. The van der Waals surface area contributed by atoms with Gasteiger partial charge in [0, 0.05) is 10.5 Å². The standard InChI is InChI=1S/C18H14N4O3S/c19-10-11-26-15-9-5-4-8-14(15)20-16(23)12-24-18-22-21-17(25-18)13-6-2-1-3-7-13/h1-9H,11-12H2,(H,20,23). The van der Waals surface area contributed by atoms with E-state index < -0.39 is 0 Å². The molecule has 3 aromatic rings. The van der Waals surface area contributed by atoms with E-state index in [1.54, 1.807) is 12.1 Å². The maximum atomic E-state index is 12.1. The van der Waals surface area contributed by atoms with Crippen LogP contribution in [0.1, 0.15) is 0 Å². The first-order chi connectivity index (χ1) is 12.8. The van der Waals surface area contributed by atoms with Crippen LogP contribution < -0.4 is 10.1 Å². The summed E-state index contributed by atoms with van der Waals surface area (Å²) in [5.74, 6) is 0.252. The van der Waals surface area contributed by atoms with Crippen LogP contribution in [0.25, 0.3) is 11.5 Å². The van der Waals surface area contributed by atoms with Gasteiger partial charge in [0.15, 0.2) is 6.61 Å². The molecule has 0 saturated carbocycles. The van der Waals surface area contributed by atoms with E-state index in [1.807, 2.05) is 42.5 Å². The van der Waals surface area contributed by atoms with Crippen molar-refractivity contribution in [2.45, 2.75) is 4.90 Å². The van der Waals surface area contributed by atoms with Crippen molar-refractivity contribution in [2.24, 2.45) is 0 Å². The Hall–Kier alpha value is -3.31. The number of anilines is 1. The number of aromatic nitrogens is 2. The fourth-order valence-corrected chi connectivity index (χ4v) is 2.75. The number of hydrogen-bond donors (Lipinski definition) is 1. The van der Waals surface area contributed by atoms with Gasteiger partial charge in [0.25, 0.3) is 11.8 Å². The van der Waals surface area contributed by atoms with Crippen LogP contribution in [0.5, 0.6) is 6.08 Å². The number of nitriles is 1. The molecule has 0 saturated heterocycles. The second-order valence-corrected chi connectivity index (χ2v) is 6.04. The molecular weight excluding hydrogens is 352 g/mol. The van der Waals surface area contributed by atoms with Crippen molar-refractivity contribution >= 4 is 23.4 Å². The van der Waals surface area contributed by atoms with Gasteiger partial charge >= 0.3 is 6.08 Å². The molecule has 0 atom stereocenters. The van der Waals surface area contributed by atoms with Gasteiger partial charge in [-0.3, -0.25) is 4.79 Å². The van der Waals surface area contributed by atoms with Gasteiger partial charge in [-0.15, -0.1) is 16.9 Å². The Morgan fingerprint density at radius 3 is 2.73 bits per heavy atom. The van der Waals surface area contributed by atoms with E-state index in [0.29, 0.717) is 17.3 Å². The Kier molecular flexibility index (Phi) is 5.85. The van der Waals surface area contributed by atoms with Gasteiger partial charge in [-0.05, 0) is 24.3 Å². The molecule has 0 aliphatic rings. The zero-order valence-corrected chi connectivity index (χ0v) is 14.4. The van der Waals surface area contributed by atoms with Gasteiger partial charge in [0.05, 0.1) is 17.5 Å². The Morgan fingerprint density at radius 1 is 1.15 bits per heavy atom. The Labute approximate surface area is 154 Å². The molecule has 0 unspecified atom stereocenters. The molecular formula is C18H14N4O3S. The summed E-state index contributed by atoms with van der Waals surface area (Å²) in [5, 5.41) is 19.1. The van der Waals surface area contributed by atoms with Crippen molar-refractivity contribution in [2.75, 3.05) is 17.7 Å². The summed E-state index contributed by atoms with van der Waals surface area (Å²) in [6, 6.07) is 18.6. The highest BCUT2D eigenvalue weighted by molar-refractivity contribution is 7.99. The predicted octanol–water partition coefficient (Wildman–Crippen LogP) is 3.37. The molecule has 8 heteroatoms. The maximum absolute atomic E-state index is 12.1. The summed E-state index contributed by atoms with van der Waals surface area (Å²) >= 11 is 1.35. The lowest BCUT2D eigenvalue weighted by Gasteiger charge is -2.09. The number of amides is 1. The van der Waals surface area contributed by atoms with Crippen molar-refractivity contribution in [1.82, 2.24) is 10.2 Å². The highest BCUT2D eigenvalue weighted by Gasteiger charge is 2.12. The molecule has 1 aromatic heterocycles. The highest BCUT2D eigenvalue weighted by atomic mass is 32.2. The number of ether oxygens (including phenoxy) is 1. The second-order valence-electron chi connectivity index (χ2n) is 5.02. The van der Waals surface area contributed by atoms with Crippen LogP contribution in [-0.2, 0) is 4.79 Å². The number of para-hydroxylation sites is 1. The second kappa shape index (κ2) is 8.69. The molecule has 1 amide bonds. The van der Waals surface area contributed by atoms with Crippen molar-refractivity contribution in [3.63, 3.8) is 0 Å². The third kappa shape index (κ3) is 4.62. The lowest BCUT2D eigenvalue weighted by atomic mass is 10.2. The summed E-state index contributed by atoms with van der Waals surface area (Å²) in [6.45, 7) is -0.270. The minimum Gasteiger partial charge on any atom is -0.439 e. The van der Waals surface area contributed by atoms with Crippen LogP contribution in [0.3, 0.4) is 0 Å². The molecule has 0 fully saturated rings. The number of carbonyl (C=O) groups is 1. The molecule has 26 heavy (non-hydrogen) atoms. The molecule has 0 bridgehead atoms. The smallest absolute Gasteiger partial charge is 0.415 e. The fourth-order valence-electron chi connectivity index (χ4n) is 2.08. The van der Waals surface area contributed by atoms with E-state index in [4.69, 9.17) is 14.4 Å². The summed E-state index contributed by atoms with van der Waals surface area (Å²) in [7, 11) is 0. The average molecular weight is 366 g/mol. The van der Waals surface area contributed by atoms with Gasteiger partial charge in [0.1, 0.15) is 0 Å². The normalized spacial score (nSPS) is 10.1. The first-order valence-corrected chi connectivity index (χ1v) is 8.65. The Balaban J connectivity index is 1.57. The summed E-state index contributed by atoms with van der Waals surface area (Å²) in [6.07, 6.45) is -0.0776. The van der Waals surface area contributed by atoms with Crippen molar-refractivity contribution in [1.29, 1.82) is 5.26 Å². The van der Waals surface area contributed by atoms with Gasteiger partial charge in [-0.25, -0.2) is 0 Å². The summed E-state index contributed by atoms with van der Waals surface area (Å²) in [4.78, 5) is 12.9. The first-order valence-electron chi connectivity index (χ1n) is 7.66. The third-order valence-corrected chi connectivity index (χ3v) is 4.15. The average Bonchev–Trinajstić information content (AvgIpc) is 3.15. The van der Waals surface area contributed by atoms with Crippen LogP contribution in [0.4, 0.5) is 5.69 Å². The highest BCUT2D eigenvalue weighted by Crippen LogP contribution is 2.26. The molecule has 0 aliphatic heterocycles. The molecule has 130 valence electrons. The lowest BCUT2D eigenvalue weighted by molar-refractivity contribution is -0.118. The van der Waals surface area contributed by atoms with Crippen LogP contribution in [-0.4, -0.2) is 28.5 Å². The zero-order chi connectivity index (χ0) is 18.2. The predicted molar refractivity (Wildman–Crippen MR) is 96.6 cm³/mol. The summed E-state index contributed by atoms with van der Waals surface area (Å²) < 4.78 is 10.6. The number of thioether (sulfide) groups is 1. The van der Waals surface area contributed by atoms with Gasteiger partial charge < -0.3 is 14.5 Å². The minimum atomic E-state index is -0.366. The quantitative estimate of drug-likeness (QED) is 0.640. The van der Waals surface area contributed by atoms with Crippen molar-refractivity contribution < 1.29 is 13.9 Å². The van der Waals surface area contributed by atoms with E-state index in [9.17, 15) is 4.79 Å². The third-order valence-electron chi connectivity index (χ3n) is 3.21. The monoisotopic (exact) mass is 366 g/mol. The number of carbonyl (C=O) groups excluding carboxylic acids is 1. The number of rotatable bonds is 7. The zero-order valence-electron chi connectivity index (χ0n) is 13.6. The van der Waals surface area contributed by atoms with Crippen molar-refractivity contribution in [3.05, 3.63) is 54.6 Å². The van der Waals surface area contributed by atoms with E-state index in [0.717, 1.165) is 10.5 Å². The lowest BCUT2D eigenvalue weighted by Crippen LogP contribution is -2.20. The SMILES string of the molecule is N#CCSc1ccccc1NC(=O)COc1nnc(-c2ccccc2)o1. The maximum Gasteiger partial charge on any atom is 0.415 e. The molecule has 0 spiro atoms. The molecule has 3 rings (SSSR count). The van der Waals surface area contributed by atoms with Gasteiger partial charge in [0.2, 0.25) is 0 Å². The van der Waals surface area contributed by atoms with Crippen LogP contribution in [0, 0.1) is 11.3 Å². The van der Waals surface area contributed by atoms with Crippen molar-refractivity contribution in [3.8, 4) is 23.6 Å². The Bertz CT molecular complexity index is 921. The molecule has 1 heterocycles. The van der Waals surface area contributed by atoms with Crippen LogP contribution in [0.15, 0.2) is 63.9 Å². The summed E-state index contributed by atoms with van der Waals surface area (Å²) in [5.41, 5.74) is 1.39. The fraction of sp³-hybridized carbons (Fsp3) is 0.111. The van der Waals surface area contributed by atoms with E-state index in [-0.39, 0.29) is 18.6 Å². The molecule has 1 N–H and O–H groups in total. The van der Waals surface area contributed by atoms with E-state index in [1.165, 1.54) is 11.8 Å². The van der Waals surface area contributed by atoms with E-state index >= 15 is 0 Å². The van der Waals surface area contributed by atoms with E-state index in [2.05, 4.69) is 21.6 Å². The topological polar surface area (TPSA) is 101 Å².